The molecule has 1 rings (SSSR count). The third-order valence-corrected chi connectivity index (χ3v) is 3.70. The molecular formula is C16H27N3O2. The van der Waals surface area contributed by atoms with E-state index in [0.29, 0.717) is 0 Å². The smallest absolute Gasteiger partial charge is 0.255 e. The molecule has 0 aliphatic carbocycles. The van der Waals surface area contributed by atoms with Crippen LogP contribution in [0.4, 0.5) is 5.69 Å². The van der Waals surface area contributed by atoms with Gasteiger partial charge in [0.15, 0.2) is 5.75 Å². The molecule has 0 saturated carbocycles. The fraction of sp³-hybridized carbons (Fsp3) is 0.562. The van der Waals surface area contributed by atoms with Crippen molar-refractivity contribution >= 4 is 11.6 Å². The Morgan fingerprint density at radius 3 is 2.67 bits per heavy atom. The summed E-state index contributed by atoms with van der Waals surface area (Å²) >= 11 is 0. The van der Waals surface area contributed by atoms with E-state index in [2.05, 4.69) is 24.1 Å². The molecule has 1 atom stereocenters. The van der Waals surface area contributed by atoms with Crippen molar-refractivity contribution in [3.63, 3.8) is 0 Å². The Kier molecular flexibility index (Phi) is 7.02. The van der Waals surface area contributed by atoms with Gasteiger partial charge in [-0.05, 0) is 51.5 Å². The number of carbonyl (C=O) groups is 1. The molecule has 1 amide bonds. The first-order chi connectivity index (χ1) is 9.99. The number of para-hydroxylation sites is 1. The van der Waals surface area contributed by atoms with Crippen molar-refractivity contribution < 1.29 is 9.90 Å². The normalized spacial score (nSPS) is 12.4. The van der Waals surface area contributed by atoms with Crippen LogP contribution < -0.4 is 11.1 Å². The summed E-state index contributed by atoms with van der Waals surface area (Å²) < 4.78 is 0. The van der Waals surface area contributed by atoms with Gasteiger partial charge >= 0.3 is 0 Å². The highest BCUT2D eigenvalue weighted by Gasteiger charge is 2.15. The summed E-state index contributed by atoms with van der Waals surface area (Å²) in [5.41, 5.74) is 6.04. The van der Waals surface area contributed by atoms with E-state index in [1.54, 1.807) is 18.2 Å². The van der Waals surface area contributed by atoms with Crippen molar-refractivity contribution in [2.45, 2.75) is 39.7 Å². The number of anilines is 1. The van der Waals surface area contributed by atoms with Crippen LogP contribution in [0.2, 0.25) is 0 Å². The standard InChI is InChI=1S/C16H27N3O2/c1-4-19(5-2)11-7-8-12(3)18-16(21)13-9-6-10-14(17)15(13)20/h6,9-10,12,20H,4-5,7-8,11,17H2,1-3H3,(H,18,21). The zero-order chi connectivity index (χ0) is 15.8. The zero-order valence-electron chi connectivity index (χ0n) is 13.2. The van der Waals surface area contributed by atoms with Crippen LogP contribution in [0.5, 0.6) is 5.75 Å². The fourth-order valence-corrected chi connectivity index (χ4v) is 2.28. The summed E-state index contributed by atoms with van der Waals surface area (Å²) in [4.78, 5) is 14.5. The van der Waals surface area contributed by atoms with Gasteiger partial charge in [0.05, 0.1) is 11.3 Å². The van der Waals surface area contributed by atoms with E-state index < -0.39 is 0 Å². The monoisotopic (exact) mass is 293 g/mol. The minimum atomic E-state index is -0.282. The lowest BCUT2D eigenvalue weighted by Gasteiger charge is -2.20. The number of amides is 1. The van der Waals surface area contributed by atoms with Gasteiger partial charge in [-0.3, -0.25) is 4.79 Å². The van der Waals surface area contributed by atoms with Crippen molar-refractivity contribution in [2.75, 3.05) is 25.4 Å². The second kappa shape index (κ2) is 8.52. The van der Waals surface area contributed by atoms with Gasteiger partial charge in [-0.15, -0.1) is 0 Å². The molecule has 0 spiro atoms. The molecule has 0 bridgehead atoms. The van der Waals surface area contributed by atoms with Crippen LogP contribution >= 0.6 is 0 Å². The number of phenols is 1. The first-order valence-corrected chi connectivity index (χ1v) is 7.60. The number of aromatic hydroxyl groups is 1. The lowest BCUT2D eigenvalue weighted by Crippen LogP contribution is -2.33. The minimum Gasteiger partial charge on any atom is -0.505 e. The summed E-state index contributed by atoms with van der Waals surface area (Å²) in [6.45, 7) is 9.41. The number of nitrogens with two attached hydrogens (primary N) is 1. The summed E-state index contributed by atoms with van der Waals surface area (Å²) in [6, 6.07) is 4.87. The number of nitrogens with one attached hydrogen (secondary N) is 1. The summed E-state index contributed by atoms with van der Waals surface area (Å²) in [6.07, 6.45) is 1.94. The SMILES string of the molecule is CCN(CC)CCCC(C)NC(=O)c1cccc(N)c1O. The number of nitrogens with zero attached hydrogens (tertiary/aromatic N) is 1. The molecule has 0 fully saturated rings. The molecule has 0 aliphatic rings. The Morgan fingerprint density at radius 2 is 2.05 bits per heavy atom. The number of hydrogen-bond donors (Lipinski definition) is 3. The molecule has 0 aromatic heterocycles. The maximum atomic E-state index is 12.1. The summed E-state index contributed by atoms with van der Waals surface area (Å²) in [7, 11) is 0. The summed E-state index contributed by atoms with van der Waals surface area (Å²) in [5.74, 6) is -0.430. The zero-order valence-corrected chi connectivity index (χ0v) is 13.2. The Bertz CT molecular complexity index is 459. The third-order valence-electron chi connectivity index (χ3n) is 3.70. The van der Waals surface area contributed by atoms with E-state index in [-0.39, 0.29) is 28.9 Å². The first-order valence-electron chi connectivity index (χ1n) is 7.60. The highest BCUT2D eigenvalue weighted by Crippen LogP contribution is 2.24. The van der Waals surface area contributed by atoms with E-state index in [1.165, 1.54) is 0 Å². The maximum absolute atomic E-state index is 12.1. The van der Waals surface area contributed by atoms with Crippen molar-refractivity contribution in [2.24, 2.45) is 0 Å². The van der Waals surface area contributed by atoms with Gasteiger partial charge in [-0.1, -0.05) is 19.9 Å². The number of benzene rings is 1. The lowest BCUT2D eigenvalue weighted by molar-refractivity contribution is 0.0934. The second-order valence-electron chi connectivity index (χ2n) is 5.29. The van der Waals surface area contributed by atoms with E-state index in [1.807, 2.05) is 6.92 Å². The molecule has 0 heterocycles. The largest absolute Gasteiger partial charge is 0.505 e. The molecule has 21 heavy (non-hydrogen) atoms. The van der Waals surface area contributed by atoms with Gasteiger partial charge in [-0.25, -0.2) is 0 Å². The number of rotatable bonds is 8. The third kappa shape index (κ3) is 5.27. The van der Waals surface area contributed by atoms with Gasteiger partial charge < -0.3 is 21.1 Å². The van der Waals surface area contributed by atoms with Crippen LogP contribution in [-0.4, -0.2) is 41.6 Å². The predicted octanol–water partition coefficient (Wildman–Crippen LogP) is 2.21. The molecule has 1 aromatic carbocycles. The molecule has 5 heteroatoms. The molecule has 1 unspecified atom stereocenters. The molecule has 4 N–H and O–H groups in total. The molecule has 118 valence electrons. The molecule has 0 saturated heterocycles. The van der Waals surface area contributed by atoms with Crippen molar-refractivity contribution in [3.8, 4) is 5.75 Å². The predicted molar refractivity (Wildman–Crippen MR) is 86.5 cm³/mol. The molecule has 5 nitrogen and oxygen atoms in total. The van der Waals surface area contributed by atoms with Crippen molar-refractivity contribution in [3.05, 3.63) is 23.8 Å². The minimum absolute atomic E-state index is 0.0638. The molecular weight excluding hydrogens is 266 g/mol. The van der Waals surface area contributed by atoms with Crippen LogP contribution in [0.15, 0.2) is 18.2 Å². The highest BCUT2D eigenvalue weighted by molar-refractivity contribution is 5.98. The van der Waals surface area contributed by atoms with Gasteiger partial charge in [0.1, 0.15) is 0 Å². The number of hydrogen-bond acceptors (Lipinski definition) is 4. The van der Waals surface area contributed by atoms with E-state index in [9.17, 15) is 9.90 Å². The van der Waals surface area contributed by atoms with E-state index in [4.69, 9.17) is 5.73 Å². The lowest BCUT2D eigenvalue weighted by atomic mass is 10.1. The number of phenolic OH excluding ortho intramolecular Hbond substituents is 1. The maximum Gasteiger partial charge on any atom is 0.255 e. The number of nitrogen functional groups attached to an aromatic ring is 1. The average Bonchev–Trinajstić information content (AvgIpc) is 2.46. The Morgan fingerprint density at radius 1 is 1.38 bits per heavy atom. The van der Waals surface area contributed by atoms with Gasteiger partial charge in [0.2, 0.25) is 0 Å². The Labute approximate surface area is 127 Å². The van der Waals surface area contributed by atoms with Gasteiger partial charge in [0, 0.05) is 6.04 Å². The van der Waals surface area contributed by atoms with Crippen LogP contribution in [-0.2, 0) is 0 Å². The molecule has 0 radical (unpaired) electrons. The van der Waals surface area contributed by atoms with Crippen LogP contribution in [0, 0.1) is 0 Å². The number of carbonyl (C=O) groups excluding carboxylic acids is 1. The van der Waals surface area contributed by atoms with Crippen LogP contribution in [0.1, 0.15) is 44.0 Å². The van der Waals surface area contributed by atoms with Crippen molar-refractivity contribution in [1.82, 2.24) is 10.2 Å². The van der Waals surface area contributed by atoms with Crippen LogP contribution in [0.3, 0.4) is 0 Å². The Balaban J connectivity index is 2.45. The first kappa shape index (κ1) is 17.3. The summed E-state index contributed by atoms with van der Waals surface area (Å²) in [5, 5.41) is 12.7. The molecule has 1 aromatic rings. The van der Waals surface area contributed by atoms with Crippen LogP contribution in [0.25, 0.3) is 0 Å². The quantitative estimate of drug-likeness (QED) is 0.507. The molecule has 0 aliphatic heterocycles. The van der Waals surface area contributed by atoms with E-state index in [0.717, 1.165) is 32.5 Å². The highest BCUT2D eigenvalue weighted by atomic mass is 16.3. The second-order valence-corrected chi connectivity index (χ2v) is 5.29. The topological polar surface area (TPSA) is 78.6 Å². The average molecular weight is 293 g/mol. The Hall–Kier alpha value is -1.75. The van der Waals surface area contributed by atoms with Gasteiger partial charge in [0.25, 0.3) is 5.91 Å². The van der Waals surface area contributed by atoms with Gasteiger partial charge in [-0.2, -0.15) is 0 Å². The fourth-order valence-electron chi connectivity index (χ4n) is 2.28. The van der Waals surface area contributed by atoms with E-state index >= 15 is 0 Å². The van der Waals surface area contributed by atoms with Crippen molar-refractivity contribution in [1.29, 1.82) is 0 Å².